The minimum atomic E-state index is -3.23. The van der Waals surface area contributed by atoms with Crippen molar-refractivity contribution >= 4 is 103 Å². The van der Waals surface area contributed by atoms with Gasteiger partial charge in [0.1, 0.15) is 40.4 Å². The standard InChI is InChI=1S/C24H23ClN4O4.C23H24ClFN2O5S.C23H24ClFN2O3.C20H20ClFN4O4/c1-15-9-17(7-8-18(15)25)32-11-20(30)28-24-12-23(13-24,14-24)22(31)26-10-19-27-21(33-29-19)16-5-3-2-4-6-16;1-33(30,31)17-5-2-15(3-6-17)8-9-26-21(29)22-12-23(13-22,14-22)27-20(28)11-32-16-4-7-18(24)19(25)10-16;1-14-3-5-16(6-4-14)15(2)26-21(29)22-11-23(12-22,13-22)27-20(28)10-30-17-7-8-18(24)19(25)9-17;1-29-18-24-6-12(7-25-18)5-23-17(28)19-9-20(10-19,11-19)26-16(27)8-30-13-2-3-14(21)15(22)4-13/h2-9H,10-14H2,1H3,(H,26,31)(H,28,30);2-7,10H,8-9,11-14H2,1H3,(H,26,29)(H,27,28);3-9,15H,10-13H2,1-2H3,(H,26,29)(H,27,28);2-4,6-7H,5,8-11H2,1H3,(H,23,28)(H,26,27)/t;;15-,22?,23?;/m..1./s1. The quantitative estimate of drug-likeness (QED) is 0.0194. The Morgan fingerprint density at radius 3 is 1.26 bits per heavy atom. The van der Waals surface area contributed by atoms with Crippen LogP contribution in [0.3, 0.4) is 0 Å². The number of amides is 8. The van der Waals surface area contributed by atoms with E-state index in [1.54, 1.807) is 54.9 Å². The van der Waals surface area contributed by atoms with E-state index in [4.69, 9.17) is 74.6 Å². The van der Waals surface area contributed by atoms with Gasteiger partial charge in [0, 0.05) is 88.2 Å². The zero-order chi connectivity index (χ0) is 89.8. The number of methoxy groups -OCH3 is 1. The molecule has 2 heterocycles. The lowest BCUT2D eigenvalue weighted by molar-refractivity contribution is -0.184. The van der Waals surface area contributed by atoms with Crippen LogP contribution in [0.1, 0.15) is 124 Å². The van der Waals surface area contributed by atoms with Gasteiger partial charge in [-0.15, -0.1) is 0 Å². The molecule has 12 fully saturated rings. The van der Waals surface area contributed by atoms with E-state index in [1.807, 2.05) is 75.4 Å². The van der Waals surface area contributed by atoms with Gasteiger partial charge in [-0.2, -0.15) is 4.98 Å². The van der Waals surface area contributed by atoms with Crippen LogP contribution in [0.15, 0.2) is 173 Å². The second-order valence-corrected chi connectivity index (χ2v) is 37.8. The molecule has 0 unspecified atom stereocenters. The average Bonchev–Trinajstić information content (AvgIpc) is 0.722. The third kappa shape index (κ3) is 20.7. The third-order valence-corrected chi connectivity index (χ3v) is 26.6. The molecule has 12 aliphatic carbocycles. The van der Waals surface area contributed by atoms with E-state index in [9.17, 15) is 59.9 Å². The zero-order valence-corrected chi connectivity index (χ0v) is 73.0. The normalized spacial score (nSPS) is 23.5. The van der Waals surface area contributed by atoms with Gasteiger partial charge in [0.25, 0.3) is 29.5 Å². The average molecular weight is 1830 g/mol. The van der Waals surface area contributed by atoms with Crippen LogP contribution in [0.4, 0.5) is 13.2 Å². The van der Waals surface area contributed by atoms with Gasteiger partial charge >= 0.3 is 6.01 Å². The summed E-state index contributed by atoms with van der Waals surface area (Å²) in [5.74, 6) is -0.891. The fourth-order valence-corrected chi connectivity index (χ4v) is 19.1. The second-order valence-electron chi connectivity index (χ2n) is 34.2. The Morgan fingerprint density at radius 1 is 0.476 bits per heavy atom. The molecule has 21 rings (SSSR count). The predicted octanol–water partition coefficient (Wildman–Crippen LogP) is 12.2. The fourth-order valence-electron chi connectivity index (χ4n) is 18.0. The third-order valence-electron chi connectivity index (χ3n) is 24.1. The number of carbonyl (C=O) groups is 8. The number of halogens is 7. The minimum absolute atomic E-state index is 0.000870. The number of aryl methyl sites for hydroxylation is 2. The predicted molar refractivity (Wildman–Crippen MR) is 457 cm³/mol. The van der Waals surface area contributed by atoms with Crippen LogP contribution in [-0.4, -0.2) is 144 Å². The van der Waals surface area contributed by atoms with Crippen molar-refractivity contribution in [3.05, 3.63) is 235 Å². The number of sulfone groups is 1. The number of aromatic nitrogens is 4. The van der Waals surface area contributed by atoms with Crippen molar-refractivity contribution in [2.45, 2.75) is 150 Å². The molecule has 8 N–H and O–H groups in total. The molecular formula is C90H91Cl4F3N12O16S. The van der Waals surface area contributed by atoms with Crippen LogP contribution in [0.2, 0.25) is 20.1 Å². The number of ether oxygens (including phenoxy) is 5. The summed E-state index contributed by atoms with van der Waals surface area (Å²) in [7, 11) is -1.74. The first-order valence-electron chi connectivity index (χ1n) is 40.5. The van der Waals surface area contributed by atoms with Crippen molar-refractivity contribution in [1.29, 1.82) is 0 Å². The number of rotatable bonds is 32. The first-order chi connectivity index (χ1) is 59.9. The first-order valence-corrected chi connectivity index (χ1v) is 43.9. The maximum Gasteiger partial charge on any atom is 0.316 e. The highest BCUT2D eigenvalue weighted by atomic mass is 35.5. The lowest BCUT2D eigenvalue weighted by Crippen LogP contribution is -2.78. The summed E-state index contributed by atoms with van der Waals surface area (Å²) in [4.78, 5) is 112. The molecule has 28 nitrogen and oxygen atoms in total. The Kier molecular flexibility index (Phi) is 26.5. The van der Waals surface area contributed by atoms with E-state index in [2.05, 4.69) is 62.6 Å². The molecule has 0 saturated heterocycles. The summed E-state index contributed by atoms with van der Waals surface area (Å²) < 4.78 is 95.0. The van der Waals surface area contributed by atoms with Crippen LogP contribution in [-0.2, 0) is 67.7 Å². The van der Waals surface area contributed by atoms with Crippen LogP contribution in [0, 0.1) is 53.0 Å². The van der Waals surface area contributed by atoms with Crippen molar-refractivity contribution in [2.24, 2.45) is 21.7 Å². The number of nitrogens with zero attached hydrogens (tertiary/aromatic N) is 4. The summed E-state index contributed by atoms with van der Waals surface area (Å²) >= 11 is 22.9. The summed E-state index contributed by atoms with van der Waals surface area (Å²) in [5, 5.41) is 28.2. The number of nitrogens with one attached hydrogen (secondary N) is 8. The summed E-state index contributed by atoms with van der Waals surface area (Å²) in [6, 6.07) is 41.6. The van der Waals surface area contributed by atoms with Crippen LogP contribution < -0.4 is 66.2 Å². The molecule has 126 heavy (non-hydrogen) atoms. The molecule has 1 atom stereocenters. The summed E-state index contributed by atoms with van der Waals surface area (Å²) in [6.45, 7) is 6.08. The fraction of sp³-hybridized carbons (Fsp3) is 0.378. The van der Waals surface area contributed by atoms with Gasteiger partial charge in [0.05, 0.1) is 61.3 Å². The monoisotopic (exact) mass is 1820 g/mol. The van der Waals surface area contributed by atoms with E-state index in [1.165, 1.54) is 49.1 Å². The molecule has 36 heteroatoms. The van der Waals surface area contributed by atoms with Crippen molar-refractivity contribution in [2.75, 3.05) is 46.3 Å². The summed E-state index contributed by atoms with van der Waals surface area (Å²) in [6.07, 6.45) is 12.2. The van der Waals surface area contributed by atoms with Crippen molar-refractivity contribution in [3.8, 4) is 40.5 Å². The second kappa shape index (κ2) is 36.8. The van der Waals surface area contributed by atoms with Crippen molar-refractivity contribution in [1.82, 2.24) is 62.6 Å². The van der Waals surface area contributed by atoms with E-state index < -0.39 is 43.5 Å². The SMILES string of the molecule is COc1ncc(CNC(=O)C23CC(NC(=O)COc4ccc(Cl)c(F)c4)(C2)C3)cn1.CS(=O)(=O)c1ccc(CCNC(=O)C23CC(NC(=O)COc4ccc(Cl)c(F)c4)(C2)C3)cc1.Cc1cc(OCC(=O)NC23CC(C(=O)NCc4noc(-c5ccccc5)n4)(C2)C3)ccc1Cl.Cc1ccc([C@@H](C)NC(=O)C23CC(NC(=O)COc4ccc(Cl)c(F)c4)(C2)C3)cc1. The van der Waals surface area contributed by atoms with Gasteiger partial charge in [-0.3, -0.25) is 38.4 Å². The zero-order valence-electron chi connectivity index (χ0n) is 69.2. The molecule has 0 aliphatic heterocycles. The van der Waals surface area contributed by atoms with Crippen molar-refractivity contribution < 1.29 is 88.2 Å². The first kappa shape index (κ1) is 90.7. The van der Waals surface area contributed by atoms with Crippen LogP contribution in [0.5, 0.6) is 29.0 Å². The Balaban J connectivity index is 0.000000136. The Bertz CT molecular complexity index is 5710. The highest BCUT2D eigenvalue weighted by Gasteiger charge is 2.75. The number of benzene rings is 7. The molecule has 8 bridgehead atoms. The molecule has 0 spiro atoms. The van der Waals surface area contributed by atoms with E-state index in [-0.39, 0.29) is 157 Å². The molecule has 12 aliphatic rings. The highest BCUT2D eigenvalue weighted by Crippen LogP contribution is 2.70. The molecule has 12 saturated carbocycles. The lowest BCUT2D eigenvalue weighted by atomic mass is 9.39. The van der Waals surface area contributed by atoms with E-state index in [0.717, 1.165) is 52.3 Å². The maximum atomic E-state index is 13.4. The topological polar surface area (TPSA) is 378 Å². The Labute approximate surface area is 743 Å². The van der Waals surface area contributed by atoms with Gasteiger partial charge in [-0.25, -0.2) is 31.6 Å². The maximum absolute atomic E-state index is 13.4. The van der Waals surface area contributed by atoms with Gasteiger partial charge in [0.15, 0.2) is 42.1 Å². The molecule has 662 valence electrons. The smallest absolute Gasteiger partial charge is 0.316 e. The number of carbonyl (C=O) groups excluding carboxylic acids is 8. The van der Waals surface area contributed by atoms with Crippen LogP contribution >= 0.6 is 46.4 Å². The lowest BCUT2D eigenvalue weighted by Gasteiger charge is -2.69. The molecule has 8 amide bonds. The van der Waals surface area contributed by atoms with Gasteiger partial charge in [0.2, 0.25) is 23.6 Å². The number of hydrogen-bond donors (Lipinski definition) is 8. The Hall–Kier alpha value is -11.6. The molecule has 0 radical (unpaired) electrons. The molecule has 2 aromatic heterocycles. The number of hydrogen-bond acceptors (Lipinski definition) is 20. The van der Waals surface area contributed by atoms with E-state index >= 15 is 0 Å². The largest absolute Gasteiger partial charge is 0.484 e. The molecule has 7 aromatic carbocycles. The van der Waals surface area contributed by atoms with Gasteiger partial charge < -0.3 is 70.7 Å². The van der Waals surface area contributed by atoms with Gasteiger partial charge in [-0.05, 0) is 200 Å². The van der Waals surface area contributed by atoms with Crippen molar-refractivity contribution in [3.63, 3.8) is 0 Å². The molecule has 9 aromatic rings. The van der Waals surface area contributed by atoms with Gasteiger partial charge in [-0.1, -0.05) is 112 Å². The summed E-state index contributed by atoms with van der Waals surface area (Å²) in [5.41, 5.74) is 2.65. The minimum Gasteiger partial charge on any atom is -0.484 e. The highest BCUT2D eigenvalue weighted by molar-refractivity contribution is 7.90. The molecular weight excluding hydrogens is 1740 g/mol. The van der Waals surface area contributed by atoms with Crippen LogP contribution in [0.25, 0.3) is 11.5 Å². The Morgan fingerprint density at radius 2 is 0.865 bits per heavy atom. The van der Waals surface area contributed by atoms with E-state index in [0.29, 0.717) is 119 Å².